The largest absolute Gasteiger partial charge is 0.479 e. The number of aryl methyl sites for hydroxylation is 1. The van der Waals surface area contributed by atoms with Gasteiger partial charge >= 0.3 is 5.97 Å². The molecule has 128 valence electrons. The Labute approximate surface area is 148 Å². The molecule has 2 aromatic heterocycles. The van der Waals surface area contributed by atoms with Crippen LogP contribution in [-0.2, 0) is 10.3 Å². The molecule has 1 amide bonds. The van der Waals surface area contributed by atoms with E-state index in [9.17, 15) is 14.7 Å². The minimum Gasteiger partial charge on any atom is -0.479 e. The maximum Gasteiger partial charge on any atom is 0.333 e. The van der Waals surface area contributed by atoms with Gasteiger partial charge in [-0.25, -0.2) is 14.3 Å². The molecule has 0 spiro atoms. The molecule has 8 heteroatoms. The van der Waals surface area contributed by atoms with E-state index in [1.54, 1.807) is 43.5 Å². The van der Waals surface area contributed by atoms with Crippen LogP contribution in [0, 0.1) is 6.92 Å². The second-order valence-electron chi connectivity index (χ2n) is 5.78. The van der Waals surface area contributed by atoms with E-state index >= 15 is 0 Å². The number of fused-ring (bicyclic) bond motifs is 1. The number of hydrogen-bond acceptors (Lipinski definition) is 4. The zero-order valence-corrected chi connectivity index (χ0v) is 14.3. The van der Waals surface area contributed by atoms with E-state index in [0.29, 0.717) is 16.1 Å². The fraction of sp³-hybridized carbons (Fsp3) is 0.176. The van der Waals surface area contributed by atoms with E-state index in [1.807, 2.05) is 0 Å². The van der Waals surface area contributed by atoms with Crippen LogP contribution in [0.15, 0.2) is 42.7 Å². The second kappa shape index (κ2) is 6.18. The fourth-order valence-corrected chi connectivity index (χ4v) is 2.66. The van der Waals surface area contributed by atoms with Crippen LogP contribution < -0.4 is 5.32 Å². The fourth-order valence-electron chi connectivity index (χ4n) is 2.54. The lowest BCUT2D eigenvalue weighted by Gasteiger charge is -2.26. The third kappa shape index (κ3) is 3.06. The maximum absolute atomic E-state index is 12.7. The first-order chi connectivity index (χ1) is 11.8. The molecule has 2 heterocycles. The molecule has 25 heavy (non-hydrogen) atoms. The van der Waals surface area contributed by atoms with Gasteiger partial charge in [-0.3, -0.25) is 4.79 Å². The van der Waals surface area contributed by atoms with Crippen LogP contribution in [0.2, 0.25) is 5.02 Å². The monoisotopic (exact) mass is 358 g/mol. The highest BCUT2D eigenvalue weighted by molar-refractivity contribution is 6.30. The lowest BCUT2D eigenvalue weighted by atomic mass is 9.92. The molecule has 7 nitrogen and oxygen atoms in total. The molecule has 0 aliphatic heterocycles. The van der Waals surface area contributed by atoms with E-state index in [4.69, 9.17) is 11.6 Å². The van der Waals surface area contributed by atoms with Crippen molar-refractivity contribution < 1.29 is 14.7 Å². The first-order valence-electron chi connectivity index (χ1n) is 7.44. The number of carboxylic acid groups (broad SMARTS) is 1. The van der Waals surface area contributed by atoms with Crippen molar-refractivity contribution in [3.8, 4) is 0 Å². The summed E-state index contributed by atoms with van der Waals surface area (Å²) < 4.78 is 1.53. The zero-order chi connectivity index (χ0) is 18.2. The Kier molecular flexibility index (Phi) is 4.18. The summed E-state index contributed by atoms with van der Waals surface area (Å²) in [5, 5.41) is 16.9. The number of carboxylic acids is 1. The summed E-state index contributed by atoms with van der Waals surface area (Å²) in [4.78, 5) is 28.7. The third-order valence-corrected chi connectivity index (χ3v) is 4.19. The molecule has 0 radical (unpaired) electrons. The summed E-state index contributed by atoms with van der Waals surface area (Å²) in [7, 11) is 0. The van der Waals surface area contributed by atoms with Gasteiger partial charge in [-0.1, -0.05) is 23.7 Å². The van der Waals surface area contributed by atoms with Gasteiger partial charge in [0.25, 0.3) is 5.91 Å². The average molecular weight is 359 g/mol. The third-order valence-electron chi connectivity index (χ3n) is 3.94. The van der Waals surface area contributed by atoms with Crippen molar-refractivity contribution in [2.45, 2.75) is 19.4 Å². The molecule has 3 aromatic rings. The van der Waals surface area contributed by atoms with Crippen molar-refractivity contribution in [1.82, 2.24) is 19.9 Å². The molecule has 1 atom stereocenters. The van der Waals surface area contributed by atoms with Gasteiger partial charge in [0.05, 0.1) is 11.2 Å². The highest BCUT2D eigenvalue weighted by Crippen LogP contribution is 2.24. The number of nitrogens with one attached hydrogen (secondary N) is 1. The van der Waals surface area contributed by atoms with Crippen molar-refractivity contribution >= 4 is 29.0 Å². The summed E-state index contributed by atoms with van der Waals surface area (Å²) in [5.41, 5.74) is 0.0895. The van der Waals surface area contributed by atoms with Gasteiger partial charge < -0.3 is 10.4 Å². The van der Waals surface area contributed by atoms with Gasteiger partial charge in [0.1, 0.15) is 0 Å². The molecule has 0 aliphatic rings. The molecule has 0 fully saturated rings. The van der Waals surface area contributed by atoms with E-state index in [1.165, 1.54) is 17.6 Å². The second-order valence-corrected chi connectivity index (χ2v) is 6.22. The van der Waals surface area contributed by atoms with E-state index in [0.717, 1.165) is 5.69 Å². The first-order valence-corrected chi connectivity index (χ1v) is 7.82. The molecule has 1 aromatic carbocycles. The number of rotatable bonds is 4. The van der Waals surface area contributed by atoms with E-state index < -0.39 is 17.4 Å². The standard InChI is InChI=1S/C17H15ClN4O3/c1-10-9-13-14(19-7-8-22(13)21-10)15(23)20-17(2,16(24)25)11-3-5-12(18)6-4-11/h3-9H,1-2H3,(H,20,23)(H,24,25). The normalized spacial score (nSPS) is 13.4. The molecule has 0 saturated carbocycles. The number of amides is 1. The van der Waals surface area contributed by atoms with E-state index in [2.05, 4.69) is 15.4 Å². The van der Waals surface area contributed by atoms with Crippen LogP contribution in [0.1, 0.15) is 28.7 Å². The van der Waals surface area contributed by atoms with Gasteiger partial charge in [0, 0.05) is 17.4 Å². The maximum atomic E-state index is 12.7. The molecule has 1 unspecified atom stereocenters. The number of carbonyl (C=O) groups is 2. The number of nitrogens with zero attached hydrogens (tertiary/aromatic N) is 3. The van der Waals surface area contributed by atoms with Crippen LogP contribution in [0.25, 0.3) is 5.52 Å². The summed E-state index contributed by atoms with van der Waals surface area (Å²) in [6.45, 7) is 3.21. The Morgan fingerprint density at radius 2 is 1.96 bits per heavy atom. The number of hydrogen-bond donors (Lipinski definition) is 2. The van der Waals surface area contributed by atoms with Crippen molar-refractivity contribution in [3.63, 3.8) is 0 Å². The van der Waals surface area contributed by atoms with Gasteiger partial charge in [-0.2, -0.15) is 5.10 Å². The smallest absolute Gasteiger partial charge is 0.333 e. The molecule has 0 saturated heterocycles. The first kappa shape index (κ1) is 16.9. The highest BCUT2D eigenvalue weighted by Gasteiger charge is 2.37. The molecule has 3 rings (SSSR count). The Morgan fingerprint density at radius 3 is 2.60 bits per heavy atom. The lowest BCUT2D eigenvalue weighted by molar-refractivity contribution is -0.144. The Morgan fingerprint density at radius 1 is 1.28 bits per heavy atom. The van der Waals surface area contributed by atoms with Crippen LogP contribution in [0.5, 0.6) is 0 Å². The van der Waals surface area contributed by atoms with Crippen LogP contribution in [-0.4, -0.2) is 31.6 Å². The summed E-state index contributed by atoms with van der Waals surface area (Å²) in [6, 6.07) is 7.98. The minimum absolute atomic E-state index is 0.101. The Balaban J connectivity index is 2.01. The van der Waals surface area contributed by atoms with Crippen molar-refractivity contribution in [3.05, 3.63) is 64.7 Å². The topological polar surface area (TPSA) is 96.6 Å². The molecule has 0 aliphatic carbocycles. The molecule has 0 bridgehead atoms. The van der Waals surface area contributed by atoms with Gasteiger partial charge in [0.2, 0.25) is 0 Å². The van der Waals surface area contributed by atoms with Crippen molar-refractivity contribution in [2.75, 3.05) is 0 Å². The Bertz CT molecular complexity index is 968. The number of aliphatic carboxylic acids is 1. The summed E-state index contributed by atoms with van der Waals surface area (Å²) >= 11 is 5.86. The zero-order valence-electron chi connectivity index (χ0n) is 13.5. The SMILES string of the molecule is Cc1cc2c(C(=O)NC(C)(C(=O)O)c3ccc(Cl)cc3)nccn2n1. The Hall–Kier alpha value is -2.93. The number of aromatic nitrogens is 3. The number of benzene rings is 1. The number of carbonyl (C=O) groups excluding carboxylic acids is 1. The van der Waals surface area contributed by atoms with Gasteiger partial charge in [-0.05, 0) is 37.6 Å². The van der Waals surface area contributed by atoms with Crippen LogP contribution in [0.4, 0.5) is 0 Å². The number of halogens is 1. The molecule has 2 N–H and O–H groups in total. The van der Waals surface area contributed by atoms with Crippen molar-refractivity contribution in [2.24, 2.45) is 0 Å². The summed E-state index contributed by atoms with van der Waals surface area (Å²) in [5.74, 6) is -1.80. The average Bonchev–Trinajstić information content (AvgIpc) is 2.94. The van der Waals surface area contributed by atoms with E-state index in [-0.39, 0.29) is 5.69 Å². The van der Waals surface area contributed by atoms with Crippen LogP contribution >= 0.6 is 11.6 Å². The predicted molar refractivity (Wildman–Crippen MR) is 91.6 cm³/mol. The highest BCUT2D eigenvalue weighted by atomic mass is 35.5. The summed E-state index contributed by atoms with van der Waals surface area (Å²) in [6.07, 6.45) is 3.06. The minimum atomic E-state index is -1.63. The molecular weight excluding hydrogens is 344 g/mol. The quantitative estimate of drug-likeness (QED) is 0.746. The van der Waals surface area contributed by atoms with Gasteiger partial charge in [0.15, 0.2) is 11.2 Å². The predicted octanol–water partition coefficient (Wildman–Crippen LogP) is 2.42. The van der Waals surface area contributed by atoms with Crippen LogP contribution in [0.3, 0.4) is 0 Å². The van der Waals surface area contributed by atoms with Crippen molar-refractivity contribution in [1.29, 1.82) is 0 Å². The molecular formula is C17H15ClN4O3. The van der Waals surface area contributed by atoms with Gasteiger partial charge in [-0.15, -0.1) is 0 Å². The lowest BCUT2D eigenvalue weighted by Crippen LogP contribution is -2.49.